The molecule has 0 amide bonds. The number of rotatable bonds is 2. The molecule has 18 heavy (non-hydrogen) atoms. The summed E-state index contributed by atoms with van der Waals surface area (Å²) in [7, 11) is 0. The third-order valence-corrected chi connectivity index (χ3v) is 3.37. The van der Waals surface area contributed by atoms with Crippen LogP contribution in [-0.2, 0) is 6.54 Å². The summed E-state index contributed by atoms with van der Waals surface area (Å²) in [6.07, 6.45) is 0. The van der Waals surface area contributed by atoms with Crippen LogP contribution in [0.3, 0.4) is 0 Å². The molecule has 1 atom stereocenters. The van der Waals surface area contributed by atoms with Gasteiger partial charge >= 0.3 is 0 Å². The van der Waals surface area contributed by atoms with Crippen molar-refractivity contribution in [3.8, 4) is 0 Å². The average molecular weight is 249 g/mol. The number of benzene rings is 1. The van der Waals surface area contributed by atoms with Crippen LogP contribution in [0.4, 0.5) is 4.39 Å². The molecule has 0 saturated carbocycles. The monoisotopic (exact) mass is 249 g/mol. The predicted octanol–water partition coefficient (Wildman–Crippen LogP) is 1.76. The zero-order chi connectivity index (χ0) is 12.5. The van der Waals surface area contributed by atoms with E-state index in [1.54, 1.807) is 6.07 Å². The molecule has 96 valence electrons. The molecule has 2 aromatic rings. The fourth-order valence-electron chi connectivity index (χ4n) is 2.31. The minimum atomic E-state index is -0.291. The summed E-state index contributed by atoms with van der Waals surface area (Å²) >= 11 is 0. The summed E-state index contributed by atoms with van der Waals surface area (Å²) < 4.78 is 18.6. The lowest BCUT2D eigenvalue weighted by Gasteiger charge is -2.32. The van der Waals surface area contributed by atoms with Gasteiger partial charge in [-0.15, -0.1) is 0 Å². The molecular weight excluding hydrogens is 233 g/mol. The van der Waals surface area contributed by atoms with E-state index >= 15 is 0 Å². The van der Waals surface area contributed by atoms with Crippen LogP contribution < -0.4 is 5.32 Å². The maximum Gasteiger partial charge on any atom is 0.209 e. The van der Waals surface area contributed by atoms with Gasteiger partial charge in [-0.25, -0.2) is 9.37 Å². The van der Waals surface area contributed by atoms with Crippen molar-refractivity contribution in [1.29, 1.82) is 0 Å². The van der Waals surface area contributed by atoms with Crippen LogP contribution in [-0.4, -0.2) is 35.6 Å². The number of oxazole rings is 1. The van der Waals surface area contributed by atoms with Crippen molar-refractivity contribution in [3.63, 3.8) is 0 Å². The highest BCUT2D eigenvalue weighted by Crippen LogP contribution is 2.18. The summed E-state index contributed by atoms with van der Waals surface area (Å²) in [5.41, 5.74) is 1.24. The Balaban J connectivity index is 1.81. The number of nitrogens with one attached hydrogen (secondary N) is 1. The molecule has 3 rings (SSSR count). The third kappa shape index (κ3) is 2.23. The maximum absolute atomic E-state index is 13.1. The van der Waals surface area contributed by atoms with Gasteiger partial charge in [-0.2, -0.15) is 0 Å². The lowest BCUT2D eigenvalue weighted by Crippen LogP contribution is -2.49. The summed E-state index contributed by atoms with van der Waals surface area (Å²) in [6, 6.07) is 4.90. The average Bonchev–Trinajstić information content (AvgIpc) is 2.73. The van der Waals surface area contributed by atoms with Crippen molar-refractivity contribution in [2.75, 3.05) is 19.6 Å². The molecule has 0 aliphatic carbocycles. The van der Waals surface area contributed by atoms with Crippen LogP contribution in [0.5, 0.6) is 0 Å². The van der Waals surface area contributed by atoms with Crippen molar-refractivity contribution in [2.24, 2.45) is 0 Å². The molecule has 1 aliphatic rings. The van der Waals surface area contributed by atoms with E-state index in [4.69, 9.17) is 4.42 Å². The first-order valence-electron chi connectivity index (χ1n) is 6.22. The van der Waals surface area contributed by atoms with Crippen LogP contribution in [0.2, 0.25) is 0 Å². The quantitative estimate of drug-likeness (QED) is 0.880. The zero-order valence-electron chi connectivity index (χ0n) is 10.3. The van der Waals surface area contributed by atoms with E-state index in [0.717, 1.165) is 19.6 Å². The second kappa shape index (κ2) is 4.66. The molecule has 1 saturated heterocycles. The van der Waals surface area contributed by atoms with Crippen molar-refractivity contribution >= 4 is 11.1 Å². The lowest BCUT2D eigenvalue weighted by atomic mass is 10.2. The maximum atomic E-state index is 13.1. The number of halogens is 1. The Bertz CT molecular complexity index is 554. The van der Waals surface area contributed by atoms with E-state index in [1.807, 2.05) is 0 Å². The Morgan fingerprint density at radius 2 is 2.44 bits per heavy atom. The third-order valence-electron chi connectivity index (χ3n) is 3.37. The Morgan fingerprint density at radius 3 is 3.28 bits per heavy atom. The van der Waals surface area contributed by atoms with Gasteiger partial charge in [0.2, 0.25) is 5.89 Å². The normalized spacial score (nSPS) is 21.6. The Morgan fingerprint density at radius 1 is 1.56 bits per heavy atom. The highest BCUT2D eigenvalue weighted by molar-refractivity contribution is 5.72. The number of aromatic nitrogens is 1. The van der Waals surface area contributed by atoms with Gasteiger partial charge in [0.25, 0.3) is 0 Å². The molecule has 1 aromatic carbocycles. The fraction of sp³-hybridized carbons (Fsp3) is 0.462. The van der Waals surface area contributed by atoms with Gasteiger partial charge in [-0.05, 0) is 19.1 Å². The SMILES string of the molecule is C[C@H]1CNCCN1Cc1nc2ccc(F)cc2o1. The molecule has 0 unspecified atom stereocenters. The first-order valence-corrected chi connectivity index (χ1v) is 6.22. The topological polar surface area (TPSA) is 41.3 Å². The standard InChI is InChI=1S/C13H16FN3O/c1-9-7-15-4-5-17(9)8-13-16-11-3-2-10(14)6-12(11)18-13/h2-3,6,9,15H,4-5,7-8H2,1H3/t9-/m0/s1. The van der Waals surface area contributed by atoms with E-state index in [0.29, 0.717) is 29.6 Å². The lowest BCUT2D eigenvalue weighted by molar-refractivity contribution is 0.152. The van der Waals surface area contributed by atoms with Gasteiger partial charge < -0.3 is 9.73 Å². The minimum absolute atomic E-state index is 0.291. The molecule has 0 bridgehead atoms. The van der Waals surface area contributed by atoms with Gasteiger partial charge in [0.1, 0.15) is 11.3 Å². The fourth-order valence-corrected chi connectivity index (χ4v) is 2.31. The molecule has 1 aromatic heterocycles. The Hall–Kier alpha value is -1.46. The summed E-state index contributed by atoms with van der Waals surface area (Å²) in [5.74, 6) is 0.366. The van der Waals surface area contributed by atoms with Gasteiger partial charge in [0, 0.05) is 31.7 Å². The summed E-state index contributed by atoms with van der Waals surface area (Å²) in [5, 5.41) is 3.34. The van der Waals surface area contributed by atoms with E-state index in [1.165, 1.54) is 12.1 Å². The van der Waals surface area contributed by atoms with Gasteiger partial charge in [-0.1, -0.05) is 0 Å². The van der Waals surface area contributed by atoms with Gasteiger partial charge in [0.15, 0.2) is 5.58 Å². The van der Waals surface area contributed by atoms with Crippen LogP contribution in [0.1, 0.15) is 12.8 Å². The summed E-state index contributed by atoms with van der Waals surface area (Å²) in [6.45, 7) is 5.80. The van der Waals surface area contributed by atoms with Crippen LogP contribution in [0.25, 0.3) is 11.1 Å². The molecule has 5 heteroatoms. The molecular formula is C13H16FN3O. The summed E-state index contributed by atoms with van der Waals surface area (Å²) in [4.78, 5) is 6.70. The van der Waals surface area contributed by atoms with E-state index in [2.05, 4.69) is 22.1 Å². The first kappa shape index (κ1) is 11.6. The Labute approximate surface area is 105 Å². The molecule has 1 fully saturated rings. The number of hydrogen-bond acceptors (Lipinski definition) is 4. The zero-order valence-corrected chi connectivity index (χ0v) is 10.3. The van der Waals surface area contributed by atoms with Crippen LogP contribution >= 0.6 is 0 Å². The van der Waals surface area contributed by atoms with Crippen molar-refractivity contribution in [2.45, 2.75) is 19.5 Å². The predicted molar refractivity (Wildman–Crippen MR) is 66.7 cm³/mol. The number of piperazine rings is 1. The molecule has 1 N–H and O–H groups in total. The molecule has 0 spiro atoms. The number of fused-ring (bicyclic) bond motifs is 1. The van der Waals surface area contributed by atoms with E-state index < -0.39 is 0 Å². The largest absolute Gasteiger partial charge is 0.439 e. The van der Waals surface area contributed by atoms with Gasteiger partial charge in [0.05, 0.1) is 6.54 Å². The smallest absolute Gasteiger partial charge is 0.209 e. The molecule has 1 aliphatic heterocycles. The molecule has 2 heterocycles. The number of nitrogens with zero attached hydrogens (tertiary/aromatic N) is 2. The Kier molecular flexibility index (Phi) is 3.01. The van der Waals surface area contributed by atoms with E-state index in [9.17, 15) is 4.39 Å². The second-order valence-corrected chi connectivity index (χ2v) is 4.74. The highest BCUT2D eigenvalue weighted by atomic mass is 19.1. The minimum Gasteiger partial charge on any atom is -0.439 e. The molecule has 4 nitrogen and oxygen atoms in total. The van der Waals surface area contributed by atoms with Crippen molar-refractivity contribution in [3.05, 3.63) is 29.9 Å². The first-order chi connectivity index (χ1) is 8.72. The van der Waals surface area contributed by atoms with Crippen LogP contribution in [0.15, 0.2) is 22.6 Å². The van der Waals surface area contributed by atoms with Crippen molar-refractivity contribution in [1.82, 2.24) is 15.2 Å². The van der Waals surface area contributed by atoms with Crippen LogP contribution in [0, 0.1) is 5.82 Å². The second-order valence-electron chi connectivity index (χ2n) is 4.74. The number of hydrogen-bond donors (Lipinski definition) is 1. The van der Waals surface area contributed by atoms with Crippen molar-refractivity contribution < 1.29 is 8.81 Å². The molecule has 0 radical (unpaired) electrons. The highest BCUT2D eigenvalue weighted by Gasteiger charge is 2.20. The van der Waals surface area contributed by atoms with E-state index in [-0.39, 0.29) is 5.82 Å². The van der Waals surface area contributed by atoms with Gasteiger partial charge in [-0.3, -0.25) is 4.90 Å².